The molecule has 0 spiro atoms. The predicted molar refractivity (Wildman–Crippen MR) is 81.1 cm³/mol. The number of morpholine rings is 1. The lowest BCUT2D eigenvalue weighted by Crippen LogP contribution is -2.38. The van der Waals surface area contributed by atoms with Gasteiger partial charge in [-0.15, -0.1) is 0 Å². The van der Waals surface area contributed by atoms with Crippen molar-refractivity contribution in [2.45, 2.75) is 19.6 Å². The monoisotopic (exact) mass is 287 g/mol. The summed E-state index contributed by atoms with van der Waals surface area (Å²) in [6.45, 7) is 5.47. The van der Waals surface area contributed by atoms with Crippen LogP contribution in [0.15, 0.2) is 24.4 Å². The number of aromatic amines is 1. The molecule has 1 aliphatic heterocycles. The molecule has 2 aromatic rings. The molecule has 3 heterocycles. The summed E-state index contributed by atoms with van der Waals surface area (Å²) < 4.78 is 5.89. The summed E-state index contributed by atoms with van der Waals surface area (Å²) in [5.41, 5.74) is 3.36. The van der Waals surface area contributed by atoms with E-state index in [1.165, 1.54) is 5.56 Å². The summed E-state index contributed by atoms with van der Waals surface area (Å²) in [5, 5.41) is 10.1. The zero-order valence-corrected chi connectivity index (χ0v) is 12.5. The Labute approximate surface area is 124 Å². The molecule has 0 saturated carbocycles. The van der Waals surface area contributed by atoms with Gasteiger partial charge in [0.2, 0.25) is 0 Å². The Bertz CT molecular complexity index is 597. The van der Waals surface area contributed by atoms with Crippen LogP contribution in [-0.2, 0) is 11.3 Å². The van der Waals surface area contributed by atoms with Crippen LogP contribution in [0.25, 0.3) is 0 Å². The highest BCUT2D eigenvalue weighted by molar-refractivity contribution is 5.34. The van der Waals surface area contributed by atoms with E-state index in [0.29, 0.717) is 0 Å². The zero-order chi connectivity index (χ0) is 14.7. The standard InChI is InChI=1S/C15H21N5O/c1-11-12(8-17-19-11)9-20-6-7-21-14(10-20)13-4-3-5-15(16-2)18-13/h3-5,8,14H,6-7,9-10H2,1-2H3,(H,16,18)(H,17,19)/t14-/m0/s1. The number of pyridine rings is 1. The maximum Gasteiger partial charge on any atom is 0.126 e. The van der Waals surface area contributed by atoms with Gasteiger partial charge in [0.15, 0.2) is 0 Å². The number of aryl methyl sites for hydroxylation is 1. The van der Waals surface area contributed by atoms with E-state index in [4.69, 9.17) is 4.74 Å². The molecule has 1 fully saturated rings. The topological polar surface area (TPSA) is 66.1 Å². The number of ether oxygens (including phenoxy) is 1. The first-order chi connectivity index (χ1) is 10.3. The van der Waals surface area contributed by atoms with E-state index in [2.05, 4.69) is 32.3 Å². The van der Waals surface area contributed by atoms with Gasteiger partial charge in [0, 0.05) is 37.9 Å². The van der Waals surface area contributed by atoms with E-state index in [1.54, 1.807) is 0 Å². The number of anilines is 1. The van der Waals surface area contributed by atoms with E-state index < -0.39 is 0 Å². The van der Waals surface area contributed by atoms with E-state index in [1.807, 2.05) is 31.4 Å². The quantitative estimate of drug-likeness (QED) is 0.896. The fraction of sp³-hybridized carbons (Fsp3) is 0.467. The van der Waals surface area contributed by atoms with Crippen LogP contribution in [0.2, 0.25) is 0 Å². The molecule has 0 bridgehead atoms. The summed E-state index contributed by atoms with van der Waals surface area (Å²) in [6.07, 6.45) is 1.93. The van der Waals surface area contributed by atoms with Gasteiger partial charge in [0.1, 0.15) is 11.9 Å². The first kappa shape index (κ1) is 14.0. The molecular weight excluding hydrogens is 266 g/mol. The van der Waals surface area contributed by atoms with Gasteiger partial charge < -0.3 is 10.1 Å². The molecule has 0 unspecified atom stereocenters. The molecule has 0 aromatic carbocycles. The second kappa shape index (κ2) is 6.24. The lowest BCUT2D eigenvalue weighted by Gasteiger charge is -2.32. The third-order valence-electron chi connectivity index (χ3n) is 3.84. The lowest BCUT2D eigenvalue weighted by molar-refractivity contribution is -0.0349. The van der Waals surface area contributed by atoms with Gasteiger partial charge in [-0.2, -0.15) is 5.10 Å². The number of nitrogens with zero attached hydrogens (tertiary/aromatic N) is 3. The minimum Gasteiger partial charge on any atom is -0.373 e. The Morgan fingerprint density at radius 1 is 1.48 bits per heavy atom. The number of hydrogen-bond acceptors (Lipinski definition) is 5. The molecule has 0 aliphatic carbocycles. The summed E-state index contributed by atoms with van der Waals surface area (Å²) >= 11 is 0. The van der Waals surface area contributed by atoms with E-state index in [0.717, 1.165) is 43.4 Å². The van der Waals surface area contributed by atoms with Crippen molar-refractivity contribution >= 4 is 5.82 Å². The fourth-order valence-corrected chi connectivity index (χ4v) is 2.57. The predicted octanol–water partition coefficient (Wildman–Crippen LogP) is 1.73. The maximum atomic E-state index is 5.89. The van der Waals surface area contributed by atoms with Crippen molar-refractivity contribution in [1.29, 1.82) is 0 Å². The average Bonchev–Trinajstić information content (AvgIpc) is 2.93. The van der Waals surface area contributed by atoms with Crippen molar-refractivity contribution in [3.8, 4) is 0 Å². The van der Waals surface area contributed by atoms with Crippen molar-refractivity contribution in [3.05, 3.63) is 41.3 Å². The molecule has 1 atom stereocenters. The minimum atomic E-state index is 0.0271. The molecule has 1 saturated heterocycles. The summed E-state index contributed by atoms with van der Waals surface area (Å²) in [4.78, 5) is 6.97. The summed E-state index contributed by atoms with van der Waals surface area (Å²) in [5.74, 6) is 0.874. The van der Waals surface area contributed by atoms with Gasteiger partial charge >= 0.3 is 0 Å². The van der Waals surface area contributed by atoms with Gasteiger partial charge in [0.25, 0.3) is 0 Å². The molecule has 21 heavy (non-hydrogen) atoms. The number of hydrogen-bond donors (Lipinski definition) is 2. The molecular formula is C15H21N5O. The van der Waals surface area contributed by atoms with Crippen LogP contribution in [0.3, 0.4) is 0 Å². The Morgan fingerprint density at radius 2 is 2.38 bits per heavy atom. The SMILES string of the molecule is CNc1cccc([C@@H]2CN(Cc3cn[nH]c3C)CCO2)n1. The van der Waals surface area contributed by atoms with Gasteiger partial charge in [0.05, 0.1) is 18.5 Å². The third-order valence-corrected chi connectivity index (χ3v) is 3.84. The normalized spacial score (nSPS) is 19.6. The van der Waals surface area contributed by atoms with E-state index in [-0.39, 0.29) is 6.10 Å². The lowest BCUT2D eigenvalue weighted by atomic mass is 10.1. The Morgan fingerprint density at radius 3 is 3.14 bits per heavy atom. The molecule has 2 N–H and O–H groups in total. The highest BCUT2D eigenvalue weighted by atomic mass is 16.5. The largest absolute Gasteiger partial charge is 0.373 e. The van der Waals surface area contributed by atoms with E-state index >= 15 is 0 Å². The van der Waals surface area contributed by atoms with Crippen LogP contribution >= 0.6 is 0 Å². The van der Waals surface area contributed by atoms with Gasteiger partial charge in [-0.3, -0.25) is 10.00 Å². The van der Waals surface area contributed by atoms with Crippen LogP contribution in [0.1, 0.15) is 23.1 Å². The molecule has 1 aliphatic rings. The van der Waals surface area contributed by atoms with Crippen LogP contribution in [0.5, 0.6) is 0 Å². The molecule has 3 rings (SSSR count). The first-order valence-corrected chi connectivity index (χ1v) is 7.24. The summed E-state index contributed by atoms with van der Waals surface area (Å²) in [6, 6.07) is 5.99. The molecule has 0 radical (unpaired) electrons. The van der Waals surface area contributed by atoms with Crippen molar-refractivity contribution in [2.75, 3.05) is 32.1 Å². The van der Waals surface area contributed by atoms with Gasteiger partial charge in [-0.1, -0.05) is 6.07 Å². The van der Waals surface area contributed by atoms with Crippen molar-refractivity contribution < 1.29 is 4.74 Å². The van der Waals surface area contributed by atoms with Crippen molar-refractivity contribution in [1.82, 2.24) is 20.1 Å². The van der Waals surface area contributed by atoms with Crippen LogP contribution < -0.4 is 5.32 Å². The van der Waals surface area contributed by atoms with Crippen molar-refractivity contribution in [2.24, 2.45) is 0 Å². The van der Waals surface area contributed by atoms with Crippen LogP contribution in [0.4, 0.5) is 5.82 Å². The molecule has 2 aromatic heterocycles. The molecule has 0 amide bonds. The number of H-pyrrole nitrogens is 1. The Balaban J connectivity index is 1.69. The van der Waals surface area contributed by atoms with Gasteiger partial charge in [-0.05, 0) is 19.1 Å². The Hall–Kier alpha value is -1.92. The smallest absolute Gasteiger partial charge is 0.126 e. The second-order valence-corrected chi connectivity index (χ2v) is 5.31. The molecule has 112 valence electrons. The van der Waals surface area contributed by atoms with Crippen molar-refractivity contribution in [3.63, 3.8) is 0 Å². The molecule has 6 nitrogen and oxygen atoms in total. The summed E-state index contributed by atoms with van der Waals surface area (Å²) in [7, 11) is 1.88. The highest BCUT2D eigenvalue weighted by Crippen LogP contribution is 2.23. The zero-order valence-electron chi connectivity index (χ0n) is 12.5. The fourth-order valence-electron chi connectivity index (χ4n) is 2.57. The number of nitrogens with one attached hydrogen (secondary N) is 2. The highest BCUT2D eigenvalue weighted by Gasteiger charge is 2.23. The van der Waals surface area contributed by atoms with Gasteiger partial charge in [-0.25, -0.2) is 4.98 Å². The average molecular weight is 287 g/mol. The van der Waals surface area contributed by atoms with Crippen LogP contribution in [-0.4, -0.2) is 46.8 Å². The number of rotatable bonds is 4. The third kappa shape index (κ3) is 3.22. The number of aromatic nitrogens is 3. The Kier molecular flexibility index (Phi) is 4.17. The van der Waals surface area contributed by atoms with Crippen LogP contribution in [0, 0.1) is 6.92 Å². The van der Waals surface area contributed by atoms with E-state index in [9.17, 15) is 0 Å². The first-order valence-electron chi connectivity index (χ1n) is 7.24. The maximum absolute atomic E-state index is 5.89. The molecule has 6 heteroatoms. The minimum absolute atomic E-state index is 0.0271. The second-order valence-electron chi connectivity index (χ2n) is 5.31.